The monoisotopic (exact) mass is 335 g/mol. The molecule has 110 valence electrons. The van der Waals surface area contributed by atoms with Crippen LogP contribution in [0.15, 0.2) is 28.7 Å². The topological polar surface area (TPSA) is 12.0 Å². The summed E-state index contributed by atoms with van der Waals surface area (Å²) in [6.45, 7) is 7.28. The molecule has 2 fully saturated rings. The predicted molar refractivity (Wildman–Crippen MR) is 89.1 cm³/mol. The van der Waals surface area contributed by atoms with Gasteiger partial charge in [0.15, 0.2) is 0 Å². The number of hydrogen-bond acceptors (Lipinski definition) is 1. The minimum Gasteiger partial charge on any atom is -0.316 e. The Morgan fingerprint density at radius 3 is 2.55 bits per heavy atom. The SMILES string of the molecule is CC1(C)CCCC2(CCNCC2c2ccc(Br)cc2)C1. The summed E-state index contributed by atoms with van der Waals surface area (Å²) in [6.07, 6.45) is 6.95. The molecule has 0 aromatic heterocycles. The fraction of sp³-hybridized carbons (Fsp3) is 0.667. The van der Waals surface area contributed by atoms with Crippen molar-refractivity contribution in [2.24, 2.45) is 10.8 Å². The maximum atomic E-state index is 3.64. The second-order valence-electron chi connectivity index (χ2n) is 7.62. The molecule has 2 unspecified atom stereocenters. The van der Waals surface area contributed by atoms with E-state index in [1.807, 2.05) is 0 Å². The number of halogens is 1. The van der Waals surface area contributed by atoms with Crippen LogP contribution >= 0.6 is 15.9 Å². The highest BCUT2D eigenvalue weighted by molar-refractivity contribution is 9.10. The van der Waals surface area contributed by atoms with Crippen molar-refractivity contribution < 1.29 is 0 Å². The van der Waals surface area contributed by atoms with Crippen molar-refractivity contribution >= 4 is 15.9 Å². The fourth-order valence-corrected chi connectivity index (χ4v) is 4.96. The van der Waals surface area contributed by atoms with Gasteiger partial charge in [0.2, 0.25) is 0 Å². The number of nitrogens with one attached hydrogen (secondary N) is 1. The van der Waals surface area contributed by atoms with Gasteiger partial charge in [-0.25, -0.2) is 0 Å². The van der Waals surface area contributed by atoms with Gasteiger partial charge < -0.3 is 5.32 Å². The van der Waals surface area contributed by atoms with Gasteiger partial charge in [-0.3, -0.25) is 0 Å². The van der Waals surface area contributed by atoms with Crippen molar-refractivity contribution in [2.75, 3.05) is 13.1 Å². The van der Waals surface area contributed by atoms with Crippen LogP contribution in [0.25, 0.3) is 0 Å². The van der Waals surface area contributed by atoms with Crippen LogP contribution in [-0.2, 0) is 0 Å². The van der Waals surface area contributed by atoms with Crippen LogP contribution in [0.3, 0.4) is 0 Å². The van der Waals surface area contributed by atoms with Crippen LogP contribution in [0, 0.1) is 10.8 Å². The van der Waals surface area contributed by atoms with E-state index < -0.39 is 0 Å². The Balaban J connectivity index is 1.92. The smallest absolute Gasteiger partial charge is 0.0175 e. The highest BCUT2D eigenvalue weighted by atomic mass is 79.9. The van der Waals surface area contributed by atoms with E-state index in [-0.39, 0.29) is 0 Å². The predicted octanol–water partition coefficient (Wildman–Crippen LogP) is 5.11. The van der Waals surface area contributed by atoms with Gasteiger partial charge in [0.05, 0.1) is 0 Å². The number of hydrogen-bond donors (Lipinski definition) is 1. The van der Waals surface area contributed by atoms with E-state index in [0.717, 1.165) is 6.54 Å². The molecule has 1 saturated carbocycles. The first-order valence-electron chi connectivity index (χ1n) is 7.97. The summed E-state index contributed by atoms with van der Waals surface area (Å²) in [5, 5.41) is 3.64. The van der Waals surface area contributed by atoms with Gasteiger partial charge in [-0.15, -0.1) is 0 Å². The Kier molecular flexibility index (Phi) is 3.98. The maximum Gasteiger partial charge on any atom is 0.0175 e. The van der Waals surface area contributed by atoms with E-state index in [9.17, 15) is 0 Å². The zero-order chi connectivity index (χ0) is 14.2. The molecule has 1 aromatic rings. The fourth-order valence-electron chi connectivity index (χ4n) is 4.70. The summed E-state index contributed by atoms with van der Waals surface area (Å²) in [5.74, 6) is 0.684. The molecule has 1 saturated heterocycles. The van der Waals surface area contributed by atoms with E-state index in [1.165, 1.54) is 48.7 Å². The van der Waals surface area contributed by atoms with Crippen molar-refractivity contribution in [3.8, 4) is 0 Å². The van der Waals surface area contributed by atoms with E-state index in [2.05, 4.69) is 59.4 Å². The minimum absolute atomic E-state index is 0.517. The van der Waals surface area contributed by atoms with Gasteiger partial charge >= 0.3 is 0 Å². The molecule has 1 aromatic carbocycles. The lowest BCUT2D eigenvalue weighted by molar-refractivity contribution is 0.0332. The molecule has 1 spiro atoms. The zero-order valence-electron chi connectivity index (χ0n) is 12.7. The van der Waals surface area contributed by atoms with Crippen LogP contribution in [0.1, 0.15) is 57.4 Å². The highest BCUT2D eigenvalue weighted by Gasteiger charge is 2.46. The van der Waals surface area contributed by atoms with Crippen LogP contribution in [-0.4, -0.2) is 13.1 Å². The molecule has 1 heterocycles. The molecular formula is C18H26BrN. The van der Waals surface area contributed by atoms with Crippen LogP contribution in [0.2, 0.25) is 0 Å². The van der Waals surface area contributed by atoms with Crippen molar-refractivity contribution in [3.05, 3.63) is 34.3 Å². The van der Waals surface area contributed by atoms with Gasteiger partial charge in [-0.1, -0.05) is 48.3 Å². The summed E-state index contributed by atoms with van der Waals surface area (Å²) in [4.78, 5) is 0. The number of piperidine rings is 1. The number of rotatable bonds is 1. The van der Waals surface area contributed by atoms with Crippen molar-refractivity contribution in [1.82, 2.24) is 5.32 Å². The molecule has 0 amide bonds. The molecular weight excluding hydrogens is 310 g/mol. The highest BCUT2D eigenvalue weighted by Crippen LogP contribution is 2.56. The third-order valence-corrected chi connectivity index (χ3v) is 6.05. The summed E-state index contributed by atoms with van der Waals surface area (Å²) in [7, 11) is 0. The van der Waals surface area contributed by atoms with Crippen molar-refractivity contribution in [3.63, 3.8) is 0 Å². The summed E-state index contributed by atoms with van der Waals surface area (Å²) >= 11 is 3.56. The minimum atomic E-state index is 0.517. The Morgan fingerprint density at radius 1 is 1.10 bits per heavy atom. The Hall–Kier alpha value is -0.340. The third kappa shape index (κ3) is 2.82. The molecule has 2 atom stereocenters. The average molecular weight is 336 g/mol. The van der Waals surface area contributed by atoms with Crippen molar-refractivity contribution in [1.29, 1.82) is 0 Å². The number of benzene rings is 1. The molecule has 0 radical (unpaired) electrons. The molecule has 3 rings (SSSR count). The Labute approximate surface area is 131 Å². The lowest BCUT2D eigenvalue weighted by atomic mass is 9.55. The molecule has 1 aliphatic heterocycles. The summed E-state index contributed by atoms with van der Waals surface area (Å²) < 4.78 is 1.18. The first kappa shape index (κ1) is 14.6. The second-order valence-corrected chi connectivity index (χ2v) is 8.53. The van der Waals surface area contributed by atoms with Crippen LogP contribution in [0.5, 0.6) is 0 Å². The molecule has 2 aliphatic rings. The van der Waals surface area contributed by atoms with E-state index in [0.29, 0.717) is 16.7 Å². The molecule has 1 nitrogen and oxygen atoms in total. The lowest BCUT2D eigenvalue weighted by Gasteiger charge is -2.52. The lowest BCUT2D eigenvalue weighted by Crippen LogP contribution is -2.47. The summed E-state index contributed by atoms with van der Waals surface area (Å²) in [6, 6.07) is 9.05. The van der Waals surface area contributed by atoms with E-state index in [1.54, 1.807) is 0 Å². The quantitative estimate of drug-likeness (QED) is 0.751. The van der Waals surface area contributed by atoms with E-state index >= 15 is 0 Å². The molecule has 1 N–H and O–H groups in total. The zero-order valence-corrected chi connectivity index (χ0v) is 14.3. The van der Waals surface area contributed by atoms with Gasteiger partial charge in [0.1, 0.15) is 0 Å². The first-order valence-corrected chi connectivity index (χ1v) is 8.76. The van der Waals surface area contributed by atoms with Crippen molar-refractivity contribution in [2.45, 2.75) is 51.9 Å². The van der Waals surface area contributed by atoms with E-state index in [4.69, 9.17) is 0 Å². The molecule has 0 bridgehead atoms. The standard InChI is InChI=1S/C18H26BrN/c1-17(2)8-3-9-18(13-17)10-11-20-12-16(18)14-4-6-15(19)7-5-14/h4-7,16,20H,3,8-13H2,1-2H3. The largest absolute Gasteiger partial charge is 0.316 e. The van der Waals surface area contributed by atoms with Gasteiger partial charge in [0.25, 0.3) is 0 Å². The normalized spacial score (nSPS) is 33.2. The first-order chi connectivity index (χ1) is 9.51. The molecule has 2 heteroatoms. The molecule has 20 heavy (non-hydrogen) atoms. The second kappa shape index (κ2) is 5.46. The Morgan fingerprint density at radius 2 is 1.85 bits per heavy atom. The Bertz CT molecular complexity index is 461. The van der Waals surface area contributed by atoms with Crippen LogP contribution in [0.4, 0.5) is 0 Å². The third-order valence-electron chi connectivity index (χ3n) is 5.52. The van der Waals surface area contributed by atoms with Crippen LogP contribution < -0.4 is 5.32 Å². The van der Waals surface area contributed by atoms with Gasteiger partial charge in [-0.05, 0) is 60.8 Å². The average Bonchev–Trinajstić information content (AvgIpc) is 2.39. The van der Waals surface area contributed by atoms with Gasteiger partial charge in [0, 0.05) is 16.9 Å². The maximum absolute atomic E-state index is 3.64. The molecule has 1 aliphatic carbocycles. The summed E-state index contributed by atoms with van der Waals surface area (Å²) in [5.41, 5.74) is 2.57. The van der Waals surface area contributed by atoms with Gasteiger partial charge in [-0.2, -0.15) is 0 Å².